The van der Waals surface area contributed by atoms with Gasteiger partial charge in [0, 0.05) is 34.8 Å². The largest absolute Gasteiger partial charge is 0.449 e. The molecule has 1 amide bonds. The van der Waals surface area contributed by atoms with E-state index in [1.165, 1.54) is 0 Å². The molecule has 3 aliphatic heterocycles. The van der Waals surface area contributed by atoms with Crippen LogP contribution in [-0.4, -0.2) is 49.2 Å². The number of fused-ring (bicyclic) bond motifs is 2. The lowest BCUT2D eigenvalue weighted by atomic mass is 9.82. The van der Waals surface area contributed by atoms with Crippen molar-refractivity contribution in [3.05, 3.63) is 28.7 Å². The van der Waals surface area contributed by atoms with E-state index >= 15 is 0 Å². The Bertz CT molecular complexity index is 879. The van der Waals surface area contributed by atoms with E-state index in [1.54, 1.807) is 0 Å². The number of halogens is 1. The highest BCUT2D eigenvalue weighted by Gasteiger charge is 2.46. The van der Waals surface area contributed by atoms with Crippen LogP contribution >= 0.6 is 15.9 Å². The van der Waals surface area contributed by atoms with Crippen molar-refractivity contribution in [2.24, 2.45) is 23.7 Å². The second-order valence-corrected chi connectivity index (χ2v) is 12.3. The summed E-state index contributed by atoms with van der Waals surface area (Å²) >= 11 is 3.39. The number of carbonyl (C=O) groups excluding carboxylic acids is 1. The zero-order chi connectivity index (χ0) is 26.0. The van der Waals surface area contributed by atoms with Crippen LogP contribution in [0.1, 0.15) is 67.2 Å². The van der Waals surface area contributed by atoms with Crippen LogP contribution in [0.4, 0.5) is 10.5 Å². The van der Waals surface area contributed by atoms with Gasteiger partial charge in [0.25, 0.3) is 0 Å². The minimum absolute atomic E-state index is 0.0379. The molecule has 1 aromatic carbocycles. The summed E-state index contributed by atoms with van der Waals surface area (Å²) in [6.45, 7) is 13.2. The standard InChI is InChI=1S/C28H42BrNO6/c1-16(7-12-22-18(3)25-17(2)15-24(33-22)34-25)26-19(4)23(35-28(5,6)36-26)13-14-32-27(31)30-21-10-8-20(29)9-11-21/h8-11,16-19,22-26H,7,12-15H2,1-6H3,(H,30,31)/t16-,17+,18+,19+,22+,23-,24?,25+,26-/m0/s1. The fraction of sp³-hybridized carbons (Fsp3) is 0.750. The van der Waals surface area contributed by atoms with Gasteiger partial charge in [-0.2, -0.15) is 0 Å². The van der Waals surface area contributed by atoms with Crippen LogP contribution in [0.3, 0.4) is 0 Å². The van der Waals surface area contributed by atoms with Crippen LogP contribution in [0.5, 0.6) is 0 Å². The first-order valence-corrected chi connectivity index (χ1v) is 14.2. The van der Waals surface area contributed by atoms with Crippen LogP contribution in [0.25, 0.3) is 0 Å². The Hall–Kier alpha value is -1.19. The lowest BCUT2D eigenvalue weighted by molar-refractivity contribution is -0.328. The molecule has 1 aromatic rings. The molecule has 0 radical (unpaired) electrons. The van der Waals surface area contributed by atoms with E-state index in [0.717, 1.165) is 23.7 Å². The first-order valence-electron chi connectivity index (χ1n) is 13.4. The predicted octanol–water partition coefficient (Wildman–Crippen LogP) is 6.75. The second-order valence-electron chi connectivity index (χ2n) is 11.4. The third-order valence-corrected chi connectivity index (χ3v) is 8.55. The zero-order valence-electron chi connectivity index (χ0n) is 22.4. The monoisotopic (exact) mass is 567 g/mol. The number of carbonyl (C=O) groups is 1. The van der Waals surface area contributed by atoms with Gasteiger partial charge in [0.05, 0.1) is 31.0 Å². The van der Waals surface area contributed by atoms with Crippen LogP contribution in [0, 0.1) is 23.7 Å². The third-order valence-electron chi connectivity index (χ3n) is 8.02. The van der Waals surface area contributed by atoms with E-state index in [1.807, 2.05) is 38.1 Å². The SMILES string of the molecule is C[C@H]1[C@H]([C@@H](C)CC[C@H]2OC3C[C@@H](C)[C@@H](O3)[C@@H]2C)OC(C)(C)O[C@H]1CCOC(=O)Nc1ccc(Br)cc1. The summed E-state index contributed by atoms with van der Waals surface area (Å²) < 4.78 is 31.4. The maximum Gasteiger partial charge on any atom is 0.411 e. The van der Waals surface area contributed by atoms with Crippen molar-refractivity contribution in [2.75, 3.05) is 11.9 Å². The lowest BCUT2D eigenvalue weighted by Crippen LogP contribution is -2.52. The van der Waals surface area contributed by atoms with Gasteiger partial charge in [-0.3, -0.25) is 5.32 Å². The topological polar surface area (TPSA) is 75.2 Å². The van der Waals surface area contributed by atoms with Gasteiger partial charge in [-0.15, -0.1) is 0 Å². The van der Waals surface area contributed by atoms with Crippen molar-refractivity contribution in [1.82, 2.24) is 0 Å². The minimum atomic E-state index is -0.688. The van der Waals surface area contributed by atoms with Crippen molar-refractivity contribution >= 4 is 27.7 Å². The third kappa shape index (κ3) is 6.81. The average Bonchev–Trinajstić information content (AvgIpc) is 3.14. The van der Waals surface area contributed by atoms with Gasteiger partial charge in [-0.1, -0.05) is 43.6 Å². The Morgan fingerprint density at radius 1 is 1.08 bits per heavy atom. The molecule has 202 valence electrons. The highest BCUT2D eigenvalue weighted by Crippen LogP contribution is 2.42. The Morgan fingerprint density at radius 2 is 1.81 bits per heavy atom. The molecule has 2 bridgehead atoms. The lowest BCUT2D eigenvalue weighted by Gasteiger charge is -2.47. The van der Waals surface area contributed by atoms with E-state index in [4.69, 9.17) is 23.7 Å². The molecule has 0 aliphatic carbocycles. The number of anilines is 1. The molecule has 4 rings (SSSR count). The van der Waals surface area contributed by atoms with Crippen LogP contribution in [0.2, 0.25) is 0 Å². The summed E-state index contributed by atoms with van der Waals surface area (Å²) in [6, 6.07) is 7.38. The first-order chi connectivity index (χ1) is 17.0. The van der Waals surface area contributed by atoms with E-state index in [2.05, 4.69) is 48.9 Å². The van der Waals surface area contributed by atoms with Crippen molar-refractivity contribution in [2.45, 2.75) is 104 Å². The minimum Gasteiger partial charge on any atom is -0.449 e. The number of rotatable bonds is 8. The molecular formula is C28H42BrNO6. The Labute approximate surface area is 224 Å². The molecule has 3 saturated heterocycles. The Morgan fingerprint density at radius 3 is 2.53 bits per heavy atom. The quantitative estimate of drug-likeness (QED) is 0.374. The van der Waals surface area contributed by atoms with Gasteiger partial charge in [-0.25, -0.2) is 4.79 Å². The molecular weight excluding hydrogens is 526 g/mol. The molecule has 0 aromatic heterocycles. The van der Waals surface area contributed by atoms with Crippen LogP contribution in [-0.2, 0) is 23.7 Å². The summed E-state index contributed by atoms with van der Waals surface area (Å²) in [5.74, 6) is 0.805. The average molecular weight is 569 g/mol. The molecule has 3 fully saturated rings. The van der Waals surface area contributed by atoms with Gasteiger partial charge in [-0.05, 0) is 62.8 Å². The molecule has 3 aliphatic rings. The molecule has 0 saturated carbocycles. The molecule has 8 heteroatoms. The van der Waals surface area contributed by atoms with E-state index in [0.29, 0.717) is 36.0 Å². The number of hydrogen-bond donors (Lipinski definition) is 1. The number of amides is 1. The van der Waals surface area contributed by atoms with Gasteiger partial charge >= 0.3 is 6.09 Å². The molecule has 36 heavy (non-hydrogen) atoms. The molecule has 9 atom stereocenters. The summed E-state index contributed by atoms with van der Waals surface area (Å²) in [4.78, 5) is 12.2. The smallest absolute Gasteiger partial charge is 0.411 e. The van der Waals surface area contributed by atoms with Crippen molar-refractivity contribution in [1.29, 1.82) is 0 Å². The summed E-state index contributed by atoms with van der Waals surface area (Å²) in [7, 11) is 0. The van der Waals surface area contributed by atoms with Gasteiger partial charge < -0.3 is 23.7 Å². The molecule has 7 nitrogen and oxygen atoms in total. The molecule has 1 unspecified atom stereocenters. The number of ether oxygens (including phenoxy) is 5. The fourth-order valence-corrected chi connectivity index (χ4v) is 6.31. The summed E-state index contributed by atoms with van der Waals surface area (Å²) in [5.41, 5.74) is 0.694. The molecule has 1 N–H and O–H groups in total. The second kappa shape index (κ2) is 11.7. The Balaban J connectivity index is 1.26. The highest BCUT2D eigenvalue weighted by molar-refractivity contribution is 9.10. The van der Waals surface area contributed by atoms with Gasteiger partial charge in [0.2, 0.25) is 0 Å². The molecule has 3 heterocycles. The van der Waals surface area contributed by atoms with Crippen LogP contribution in [0.15, 0.2) is 28.7 Å². The van der Waals surface area contributed by atoms with Crippen molar-refractivity contribution in [3.8, 4) is 0 Å². The van der Waals surface area contributed by atoms with Gasteiger partial charge in [0.1, 0.15) is 0 Å². The van der Waals surface area contributed by atoms with Crippen LogP contribution < -0.4 is 5.32 Å². The Kier molecular flexibility index (Phi) is 9.03. The van der Waals surface area contributed by atoms with Gasteiger partial charge in [0.15, 0.2) is 12.1 Å². The first kappa shape index (κ1) is 27.8. The van der Waals surface area contributed by atoms with Crippen molar-refractivity contribution < 1.29 is 28.5 Å². The maximum atomic E-state index is 12.2. The highest BCUT2D eigenvalue weighted by atomic mass is 79.9. The van der Waals surface area contributed by atoms with E-state index in [-0.39, 0.29) is 37.1 Å². The molecule has 0 spiro atoms. The fourth-order valence-electron chi connectivity index (χ4n) is 6.04. The normalized spacial score (nSPS) is 36.3. The zero-order valence-corrected chi connectivity index (χ0v) is 24.0. The van der Waals surface area contributed by atoms with Crippen molar-refractivity contribution in [3.63, 3.8) is 0 Å². The predicted molar refractivity (Wildman–Crippen MR) is 142 cm³/mol. The summed E-state index contributed by atoms with van der Waals surface area (Å²) in [6.07, 6.45) is 3.68. The number of hydrogen-bond acceptors (Lipinski definition) is 6. The number of benzene rings is 1. The maximum absolute atomic E-state index is 12.2. The summed E-state index contributed by atoms with van der Waals surface area (Å²) in [5, 5.41) is 2.76. The van der Waals surface area contributed by atoms with E-state index in [9.17, 15) is 4.79 Å². The number of nitrogens with one attached hydrogen (secondary N) is 1. The van der Waals surface area contributed by atoms with E-state index < -0.39 is 11.9 Å².